The lowest BCUT2D eigenvalue weighted by Crippen LogP contribution is -2.22. The molecule has 5 heteroatoms. The summed E-state index contributed by atoms with van der Waals surface area (Å²) in [7, 11) is 1.88. The van der Waals surface area contributed by atoms with Gasteiger partial charge in [-0.2, -0.15) is 0 Å². The van der Waals surface area contributed by atoms with E-state index >= 15 is 0 Å². The van der Waals surface area contributed by atoms with E-state index in [0.717, 1.165) is 0 Å². The zero-order valence-corrected chi connectivity index (χ0v) is 9.51. The fourth-order valence-electron chi connectivity index (χ4n) is 1.42. The maximum absolute atomic E-state index is 10.8. The maximum atomic E-state index is 10.8. The van der Waals surface area contributed by atoms with Gasteiger partial charge in [0.1, 0.15) is 0 Å². The second-order valence-electron chi connectivity index (χ2n) is 3.96. The normalized spacial score (nSPS) is 13.0. The van der Waals surface area contributed by atoms with E-state index in [4.69, 9.17) is 14.6 Å². The van der Waals surface area contributed by atoms with Crippen molar-refractivity contribution in [3.8, 4) is 0 Å². The number of aromatic carboxylic acids is 1. The Kier molecular flexibility index (Phi) is 4.52. The summed E-state index contributed by atoms with van der Waals surface area (Å²) in [5.74, 6) is -1.06. The molecule has 90 valence electrons. The number of nitrogens with zero attached hydrogens (tertiary/aromatic N) is 1. The molecule has 0 fully saturated rings. The van der Waals surface area contributed by atoms with E-state index in [1.165, 1.54) is 6.26 Å². The van der Waals surface area contributed by atoms with E-state index < -0.39 is 5.97 Å². The van der Waals surface area contributed by atoms with Crippen LogP contribution in [0.15, 0.2) is 16.7 Å². The van der Waals surface area contributed by atoms with Gasteiger partial charge in [0, 0.05) is 18.7 Å². The molecular formula is C11H17NO4. The van der Waals surface area contributed by atoms with Gasteiger partial charge in [0.25, 0.3) is 0 Å². The average molecular weight is 227 g/mol. The summed E-state index contributed by atoms with van der Waals surface area (Å²) in [6.07, 6.45) is 1.70. The second-order valence-corrected chi connectivity index (χ2v) is 3.96. The highest BCUT2D eigenvalue weighted by Gasteiger charge is 2.15. The molecule has 16 heavy (non-hydrogen) atoms. The SMILES string of the molecule is CC(O)CCN(C)Cc1ccoc1C(=O)O. The topological polar surface area (TPSA) is 73.9 Å². The minimum atomic E-state index is -1.05. The van der Waals surface area contributed by atoms with Gasteiger partial charge < -0.3 is 19.5 Å². The Morgan fingerprint density at radius 3 is 2.88 bits per heavy atom. The van der Waals surface area contributed by atoms with Gasteiger partial charge in [-0.05, 0) is 26.5 Å². The minimum Gasteiger partial charge on any atom is -0.475 e. The van der Waals surface area contributed by atoms with Crippen molar-refractivity contribution in [3.63, 3.8) is 0 Å². The monoisotopic (exact) mass is 227 g/mol. The van der Waals surface area contributed by atoms with E-state index in [9.17, 15) is 4.79 Å². The van der Waals surface area contributed by atoms with Crippen LogP contribution in [-0.4, -0.2) is 40.8 Å². The summed E-state index contributed by atoms with van der Waals surface area (Å²) < 4.78 is 4.88. The third-order valence-electron chi connectivity index (χ3n) is 2.31. The first kappa shape index (κ1) is 12.7. The smallest absolute Gasteiger partial charge is 0.372 e. The van der Waals surface area contributed by atoms with Crippen molar-refractivity contribution in [3.05, 3.63) is 23.7 Å². The first-order chi connectivity index (χ1) is 7.50. The molecular weight excluding hydrogens is 210 g/mol. The summed E-state index contributed by atoms with van der Waals surface area (Å²) >= 11 is 0. The maximum Gasteiger partial charge on any atom is 0.372 e. The van der Waals surface area contributed by atoms with E-state index in [0.29, 0.717) is 25.1 Å². The van der Waals surface area contributed by atoms with Crippen LogP contribution in [0.25, 0.3) is 0 Å². The van der Waals surface area contributed by atoms with Crippen LogP contribution in [0.3, 0.4) is 0 Å². The highest BCUT2D eigenvalue weighted by Crippen LogP contribution is 2.12. The lowest BCUT2D eigenvalue weighted by molar-refractivity contribution is 0.0659. The van der Waals surface area contributed by atoms with Crippen molar-refractivity contribution in [2.45, 2.75) is 26.0 Å². The van der Waals surface area contributed by atoms with E-state index in [1.807, 2.05) is 11.9 Å². The molecule has 0 amide bonds. The zero-order valence-electron chi connectivity index (χ0n) is 9.51. The molecule has 0 aliphatic carbocycles. The largest absolute Gasteiger partial charge is 0.475 e. The second kappa shape index (κ2) is 5.67. The van der Waals surface area contributed by atoms with E-state index in [-0.39, 0.29) is 11.9 Å². The number of carbonyl (C=O) groups is 1. The van der Waals surface area contributed by atoms with E-state index in [1.54, 1.807) is 13.0 Å². The number of aliphatic hydroxyl groups is 1. The van der Waals surface area contributed by atoms with Crippen molar-refractivity contribution in [1.82, 2.24) is 4.90 Å². The Labute approximate surface area is 94.3 Å². The quantitative estimate of drug-likeness (QED) is 0.763. The Hall–Kier alpha value is -1.33. The fraction of sp³-hybridized carbons (Fsp3) is 0.545. The first-order valence-corrected chi connectivity index (χ1v) is 5.17. The molecule has 0 radical (unpaired) electrons. The van der Waals surface area contributed by atoms with E-state index in [2.05, 4.69) is 0 Å². The van der Waals surface area contributed by atoms with Crippen LogP contribution in [0.4, 0.5) is 0 Å². The Morgan fingerprint density at radius 2 is 2.31 bits per heavy atom. The molecule has 0 aliphatic heterocycles. The van der Waals surface area contributed by atoms with Gasteiger partial charge in [-0.3, -0.25) is 0 Å². The van der Waals surface area contributed by atoms with Gasteiger partial charge in [-0.1, -0.05) is 0 Å². The van der Waals surface area contributed by atoms with Crippen LogP contribution in [0.1, 0.15) is 29.5 Å². The Balaban J connectivity index is 2.52. The van der Waals surface area contributed by atoms with Crippen LogP contribution in [0.5, 0.6) is 0 Å². The van der Waals surface area contributed by atoms with Crippen LogP contribution in [0.2, 0.25) is 0 Å². The van der Waals surface area contributed by atoms with Gasteiger partial charge >= 0.3 is 5.97 Å². The number of furan rings is 1. The number of carboxylic acid groups (broad SMARTS) is 1. The molecule has 0 saturated carbocycles. The Morgan fingerprint density at radius 1 is 1.62 bits per heavy atom. The van der Waals surface area contributed by atoms with Gasteiger partial charge in [0.2, 0.25) is 5.76 Å². The predicted molar refractivity (Wildman–Crippen MR) is 58.3 cm³/mol. The number of rotatable bonds is 6. The number of hydrogen-bond acceptors (Lipinski definition) is 4. The zero-order chi connectivity index (χ0) is 12.1. The highest BCUT2D eigenvalue weighted by molar-refractivity contribution is 5.86. The van der Waals surface area contributed by atoms with Crippen molar-refractivity contribution < 1.29 is 19.4 Å². The molecule has 0 aliphatic rings. The first-order valence-electron chi connectivity index (χ1n) is 5.17. The minimum absolute atomic E-state index is 0.0103. The van der Waals surface area contributed by atoms with Crippen LogP contribution < -0.4 is 0 Å². The van der Waals surface area contributed by atoms with Crippen LogP contribution in [-0.2, 0) is 6.54 Å². The molecule has 1 rings (SSSR count). The van der Waals surface area contributed by atoms with Crippen molar-refractivity contribution in [2.75, 3.05) is 13.6 Å². The number of carboxylic acids is 1. The molecule has 0 aromatic carbocycles. The summed E-state index contributed by atoms with van der Waals surface area (Å²) in [5.41, 5.74) is 0.653. The number of aliphatic hydroxyl groups excluding tert-OH is 1. The lowest BCUT2D eigenvalue weighted by Gasteiger charge is -2.16. The molecule has 1 atom stereocenters. The Bertz CT molecular complexity index is 346. The van der Waals surface area contributed by atoms with Gasteiger partial charge in [-0.15, -0.1) is 0 Å². The molecule has 0 spiro atoms. The highest BCUT2D eigenvalue weighted by atomic mass is 16.4. The molecule has 1 heterocycles. The molecule has 0 saturated heterocycles. The summed E-state index contributed by atoms with van der Waals surface area (Å²) in [4.78, 5) is 12.7. The molecule has 5 nitrogen and oxygen atoms in total. The van der Waals surface area contributed by atoms with Gasteiger partial charge in [-0.25, -0.2) is 4.79 Å². The van der Waals surface area contributed by atoms with Crippen LogP contribution >= 0.6 is 0 Å². The van der Waals surface area contributed by atoms with Crippen LogP contribution in [0, 0.1) is 0 Å². The third-order valence-corrected chi connectivity index (χ3v) is 2.31. The lowest BCUT2D eigenvalue weighted by atomic mass is 10.2. The fourth-order valence-corrected chi connectivity index (χ4v) is 1.42. The van der Waals surface area contributed by atoms with Crippen molar-refractivity contribution in [2.24, 2.45) is 0 Å². The molecule has 1 unspecified atom stereocenters. The molecule has 2 N–H and O–H groups in total. The average Bonchev–Trinajstić information content (AvgIpc) is 2.62. The molecule has 1 aromatic rings. The number of hydrogen-bond donors (Lipinski definition) is 2. The predicted octanol–water partition coefficient (Wildman–Crippen LogP) is 1.18. The summed E-state index contributed by atoms with van der Waals surface area (Å²) in [6, 6.07) is 1.66. The van der Waals surface area contributed by atoms with Gasteiger partial charge in [0.05, 0.1) is 12.4 Å². The van der Waals surface area contributed by atoms with Crippen molar-refractivity contribution >= 4 is 5.97 Å². The summed E-state index contributed by atoms with van der Waals surface area (Å²) in [5, 5.41) is 18.0. The van der Waals surface area contributed by atoms with Crippen molar-refractivity contribution in [1.29, 1.82) is 0 Å². The standard InChI is InChI=1S/C11H17NO4/c1-8(13)3-5-12(2)7-9-4-6-16-10(9)11(14)15/h4,6,8,13H,3,5,7H2,1-2H3,(H,14,15). The summed E-state index contributed by atoms with van der Waals surface area (Å²) in [6.45, 7) is 2.95. The molecule has 0 bridgehead atoms. The molecule has 1 aromatic heterocycles. The third kappa shape index (κ3) is 3.67. The van der Waals surface area contributed by atoms with Gasteiger partial charge in [0.15, 0.2) is 0 Å².